The zero-order valence-electron chi connectivity index (χ0n) is 10.4. The van der Waals surface area contributed by atoms with Gasteiger partial charge < -0.3 is 10.0 Å². The lowest BCUT2D eigenvalue weighted by molar-refractivity contribution is -0.143. The lowest BCUT2D eigenvalue weighted by Crippen LogP contribution is -2.43. The molecule has 18 heavy (non-hydrogen) atoms. The van der Waals surface area contributed by atoms with E-state index in [1.165, 1.54) is 6.42 Å². The third-order valence-electron chi connectivity index (χ3n) is 4.56. The van der Waals surface area contributed by atoms with Gasteiger partial charge in [-0.2, -0.15) is 0 Å². The minimum Gasteiger partial charge on any atom is -0.481 e. The van der Waals surface area contributed by atoms with Crippen LogP contribution in [0.2, 0.25) is 0 Å². The smallest absolute Gasteiger partial charge is 0.308 e. The van der Waals surface area contributed by atoms with Gasteiger partial charge in [-0.15, -0.1) is 11.8 Å². The second-order valence-corrected chi connectivity index (χ2v) is 6.89. The summed E-state index contributed by atoms with van der Waals surface area (Å²) in [5.41, 5.74) is 0. The molecule has 1 N–H and O–H groups in total. The number of hydrogen-bond donors (Lipinski definition) is 1. The van der Waals surface area contributed by atoms with E-state index in [2.05, 4.69) is 0 Å². The number of carbonyl (C=O) groups excluding carboxylic acids is 1. The Hall–Kier alpha value is -0.710. The summed E-state index contributed by atoms with van der Waals surface area (Å²) < 4.78 is 0. The second-order valence-electron chi connectivity index (χ2n) is 5.58. The number of carboxylic acids is 1. The predicted molar refractivity (Wildman–Crippen MR) is 69.5 cm³/mol. The highest BCUT2D eigenvalue weighted by molar-refractivity contribution is 8.00. The SMILES string of the molecule is O=C(O)C1CC2CCC1N2C(=O)C1CCCCS1. The molecule has 0 spiro atoms. The molecular formula is C13H19NO3S. The van der Waals surface area contributed by atoms with Crippen LogP contribution in [-0.2, 0) is 9.59 Å². The normalized spacial score (nSPS) is 39.0. The van der Waals surface area contributed by atoms with Gasteiger partial charge in [-0.05, 0) is 37.9 Å². The van der Waals surface area contributed by atoms with Crippen molar-refractivity contribution in [2.75, 3.05) is 5.75 Å². The fourth-order valence-corrected chi connectivity index (χ4v) is 4.95. The molecule has 5 heteroatoms. The van der Waals surface area contributed by atoms with Gasteiger partial charge in [0, 0.05) is 12.1 Å². The third-order valence-corrected chi connectivity index (χ3v) is 5.93. The molecule has 4 atom stereocenters. The van der Waals surface area contributed by atoms with Crippen LogP contribution < -0.4 is 0 Å². The number of carbonyl (C=O) groups is 2. The van der Waals surface area contributed by atoms with Crippen molar-refractivity contribution in [1.82, 2.24) is 4.90 Å². The molecule has 0 aromatic rings. The Morgan fingerprint density at radius 3 is 2.61 bits per heavy atom. The van der Waals surface area contributed by atoms with E-state index in [1.54, 1.807) is 11.8 Å². The van der Waals surface area contributed by atoms with E-state index in [-0.39, 0.29) is 29.2 Å². The molecule has 4 nitrogen and oxygen atoms in total. The number of rotatable bonds is 2. The summed E-state index contributed by atoms with van der Waals surface area (Å²) in [6, 6.07) is 0.175. The predicted octanol–water partition coefficient (Wildman–Crippen LogP) is 1.74. The molecule has 3 saturated heterocycles. The van der Waals surface area contributed by atoms with Crippen LogP contribution in [0.4, 0.5) is 0 Å². The summed E-state index contributed by atoms with van der Waals surface area (Å²) in [6.45, 7) is 0. The van der Waals surface area contributed by atoms with Gasteiger partial charge in [0.05, 0.1) is 11.2 Å². The Kier molecular flexibility index (Phi) is 3.26. The fraction of sp³-hybridized carbons (Fsp3) is 0.846. The van der Waals surface area contributed by atoms with Crippen LogP contribution in [0.15, 0.2) is 0 Å². The van der Waals surface area contributed by atoms with Crippen molar-refractivity contribution in [2.45, 2.75) is 55.9 Å². The first kappa shape index (κ1) is 12.3. The van der Waals surface area contributed by atoms with Gasteiger partial charge in [-0.3, -0.25) is 9.59 Å². The molecule has 100 valence electrons. The van der Waals surface area contributed by atoms with Crippen LogP contribution in [0, 0.1) is 5.92 Å². The first-order chi connectivity index (χ1) is 8.68. The Bertz CT molecular complexity index is 367. The van der Waals surface area contributed by atoms with E-state index in [0.717, 1.165) is 31.4 Å². The van der Waals surface area contributed by atoms with Crippen LogP contribution in [-0.4, -0.2) is 45.0 Å². The van der Waals surface area contributed by atoms with Gasteiger partial charge in [0.15, 0.2) is 0 Å². The first-order valence-electron chi connectivity index (χ1n) is 6.85. The number of carboxylic acid groups (broad SMARTS) is 1. The van der Waals surface area contributed by atoms with Crippen molar-refractivity contribution in [2.24, 2.45) is 5.92 Å². The van der Waals surface area contributed by atoms with Gasteiger partial charge in [0.25, 0.3) is 0 Å². The van der Waals surface area contributed by atoms with E-state index < -0.39 is 5.97 Å². The van der Waals surface area contributed by atoms with Crippen molar-refractivity contribution in [3.63, 3.8) is 0 Å². The molecule has 3 aliphatic rings. The number of hydrogen-bond acceptors (Lipinski definition) is 3. The van der Waals surface area contributed by atoms with E-state index in [1.807, 2.05) is 4.90 Å². The number of amides is 1. The van der Waals surface area contributed by atoms with Crippen molar-refractivity contribution in [3.8, 4) is 0 Å². The highest BCUT2D eigenvalue weighted by atomic mass is 32.2. The molecule has 0 radical (unpaired) electrons. The fourth-order valence-electron chi connectivity index (χ4n) is 3.70. The molecular weight excluding hydrogens is 250 g/mol. The third kappa shape index (κ3) is 1.92. The molecule has 2 bridgehead atoms. The van der Waals surface area contributed by atoms with E-state index in [0.29, 0.717) is 6.42 Å². The zero-order chi connectivity index (χ0) is 12.7. The Morgan fingerprint density at radius 2 is 2.00 bits per heavy atom. The molecule has 0 aromatic heterocycles. The quantitative estimate of drug-likeness (QED) is 0.829. The Balaban J connectivity index is 1.72. The lowest BCUT2D eigenvalue weighted by atomic mass is 9.89. The van der Waals surface area contributed by atoms with Crippen LogP contribution in [0.25, 0.3) is 0 Å². The highest BCUT2D eigenvalue weighted by Gasteiger charge is 2.52. The highest BCUT2D eigenvalue weighted by Crippen LogP contribution is 2.43. The average Bonchev–Trinajstić information content (AvgIpc) is 2.96. The lowest BCUT2D eigenvalue weighted by Gasteiger charge is -2.29. The van der Waals surface area contributed by atoms with Crippen LogP contribution in [0.5, 0.6) is 0 Å². The largest absolute Gasteiger partial charge is 0.481 e. The molecule has 0 aromatic carbocycles. The maximum atomic E-state index is 12.5. The molecule has 3 heterocycles. The molecule has 3 rings (SSSR count). The van der Waals surface area contributed by atoms with Gasteiger partial charge in [0.1, 0.15) is 0 Å². The summed E-state index contributed by atoms with van der Waals surface area (Å²) in [7, 11) is 0. The monoisotopic (exact) mass is 269 g/mol. The van der Waals surface area contributed by atoms with Crippen molar-refractivity contribution in [3.05, 3.63) is 0 Å². The minimum absolute atomic E-state index is 0.0254. The van der Waals surface area contributed by atoms with Crippen LogP contribution in [0.3, 0.4) is 0 Å². The standard InChI is InChI=1S/C13H19NO3S/c15-12(11-3-1-2-6-18-11)14-8-4-5-10(14)9(7-8)13(16)17/h8-11H,1-7H2,(H,16,17). The van der Waals surface area contributed by atoms with E-state index in [4.69, 9.17) is 0 Å². The maximum absolute atomic E-state index is 12.5. The van der Waals surface area contributed by atoms with Gasteiger partial charge in [-0.1, -0.05) is 6.42 Å². The van der Waals surface area contributed by atoms with E-state index >= 15 is 0 Å². The van der Waals surface area contributed by atoms with Gasteiger partial charge in [-0.25, -0.2) is 0 Å². The topological polar surface area (TPSA) is 57.6 Å². The summed E-state index contributed by atoms with van der Waals surface area (Å²) in [4.78, 5) is 25.7. The van der Waals surface area contributed by atoms with Gasteiger partial charge >= 0.3 is 5.97 Å². The Labute approximate surface area is 111 Å². The average molecular weight is 269 g/mol. The molecule has 0 aliphatic carbocycles. The van der Waals surface area contributed by atoms with Crippen LogP contribution in [0.1, 0.15) is 38.5 Å². The van der Waals surface area contributed by atoms with Crippen molar-refractivity contribution in [1.29, 1.82) is 0 Å². The van der Waals surface area contributed by atoms with Gasteiger partial charge in [0.2, 0.25) is 5.91 Å². The number of nitrogens with zero attached hydrogens (tertiary/aromatic N) is 1. The minimum atomic E-state index is -0.726. The number of aliphatic carboxylic acids is 1. The van der Waals surface area contributed by atoms with Crippen molar-refractivity contribution < 1.29 is 14.7 Å². The summed E-state index contributed by atoms with van der Waals surface area (Å²) in [6.07, 6.45) is 5.86. The molecule has 0 saturated carbocycles. The zero-order valence-corrected chi connectivity index (χ0v) is 11.2. The second kappa shape index (κ2) is 4.76. The Morgan fingerprint density at radius 1 is 1.17 bits per heavy atom. The van der Waals surface area contributed by atoms with Crippen molar-refractivity contribution >= 4 is 23.6 Å². The summed E-state index contributed by atoms with van der Waals surface area (Å²) in [5.74, 6) is 0.246. The van der Waals surface area contributed by atoms with E-state index in [9.17, 15) is 14.7 Å². The first-order valence-corrected chi connectivity index (χ1v) is 7.90. The summed E-state index contributed by atoms with van der Waals surface area (Å²) in [5, 5.41) is 9.29. The van der Waals surface area contributed by atoms with Crippen LogP contribution >= 0.6 is 11.8 Å². The molecule has 3 aliphatic heterocycles. The maximum Gasteiger partial charge on any atom is 0.308 e. The molecule has 3 fully saturated rings. The molecule has 1 amide bonds. The summed E-state index contributed by atoms with van der Waals surface area (Å²) >= 11 is 1.76. The number of fused-ring (bicyclic) bond motifs is 2. The number of thioether (sulfide) groups is 1. The molecule has 4 unspecified atom stereocenters.